The third-order valence-corrected chi connectivity index (χ3v) is 2.68. The lowest BCUT2D eigenvalue weighted by atomic mass is 10.2. The van der Waals surface area contributed by atoms with Crippen molar-refractivity contribution in [2.75, 3.05) is 6.54 Å². The van der Waals surface area contributed by atoms with Crippen molar-refractivity contribution in [2.45, 2.75) is 44.9 Å². The molecule has 84 valence electrons. The molecule has 0 unspecified atom stereocenters. The molecular formula is C11H18N2O2. The number of carbonyl (C=O) groups excluding carboxylic acids is 1. The van der Waals surface area contributed by atoms with Crippen molar-refractivity contribution in [3.05, 3.63) is 12.3 Å². The zero-order valence-electron chi connectivity index (χ0n) is 9.49. The number of likely N-dealkylation sites (tertiary alicyclic amines) is 1. The first-order valence-electron chi connectivity index (χ1n) is 5.40. The summed E-state index contributed by atoms with van der Waals surface area (Å²) >= 11 is 0. The second kappa shape index (κ2) is 3.43. The van der Waals surface area contributed by atoms with Gasteiger partial charge in [0.2, 0.25) is 0 Å². The molecule has 1 fully saturated rings. The molecule has 2 aliphatic rings. The molecule has 2 rings (SSSR count). The van der Waals surface area contributed by atoms with Crippen LogP contribution in [0.25, 0.3) is 0 Å². The normalized spacial score (nSPS) is 28.9. The summed E-state index contributed by atoms with van der Waals surface area (Å²) < 4.78 is 5.36. The molecule has 4 heteroatoms. The van der Waals surface area contributed by atoms with Gasteiger partial charge in [-0.3, -0.25) is 4.90 Å². The minimum absolute atomic E-state index is 0.180. The topological polar surface area (TPSA) is 41.6 Å². The van der Waals surface area contributed by atoms with Crippen molar-refractivity contribution in [3.8, 4) is 0 Å². The fourth-order valence-electron chi connectivity index (χ4n) is 2.05. The molecular weight excluding hydrogens is 192 g/mol. The van der Waals surface area contributed by atoms with Crippen molar-refractivity contribution >= 4 is 6.09 Å². The highest BCUT2D eigenvalue weighted by Gasteiger charge is 2.39. The van der Waals surface area contributed by atoms with E-state index >= 15 is 0 Å². The van der Waals surface area contributed by atoms with Gasteiger partial charge in [0.05, 0.1) is 12.1 Å². The summed E-state index contributed by atoms with van der Waals surface area (Å²) in [6.45, 7) is 6.45. The lowest BCUT2D eigenvalue weighted by Gasteiger charge is -2.27. The summed E-state index contributed by atoms with van der Waals surface area (Å²) in [5.41, 5.74) is -0.412. The standard InChI is InChI=1S/C11H18N2O2/c1-11(2,3)15-10(14)13-7-5-8-9(13)4-6-12-8/h4,6,8-9,12H,5,7H2,1-3H3/t8-,9+/m0/s1. The fourth-order valence-corrected chi connectivity index (χ4v) is 2.05. The molecule has 0 aromatic carbocycles. The summed E-state index contributed by atoms with van der Waals surface area (Å²) in [4.78, 5) is 13.6. The Morgan fingerprint density at radius 1 is 1.53 bits per heavy atom. The van der Waals surface area contributed by atoms with E-state index in [0.29, 0.717) is 6.04 Å². The van der Waals surface area contributed by atoms with Gasteiger partial charge in [0.15, 0.2) is 0 Å². The van der Waals surface area contributed by atoms with Crippen molar-refractivity contribution in [2.24, 2.45) is 0 Å². The van der Waals surface area contributed by atoms with Gasteiger partial charge in [-0.1, -0.05) is 0 Å². The monoisotopic (exact) mass is 210 g/mol. The highest BCUT2D eigenvalue weighted by molar-refractivity contribution is 5.69. The van der Waals surface area contributed by atoms with Crippen molar-refractivity contribution in [3.63, 3.8) is 0 Å². The van der Waals surface area contributed by atoms with Crippen LogP contribution >= 0.6 is 0 Å². The Hall–Kier alpha value is -1.19. The smallest absolute Gasteiger partial charge is 0.410 e. The Bertz CT molecular complexity index is 293. The number of nitrogens with zero attached hydrogens (tertiary/aromatic N) is 1. The predicted octanol–water partition coefficient (Wildman–Crippen LogP) is 1.48. The maximum Gasteiger partial charge on any atom is 0.410 e. The predicted molar refractivity (Wildman–Crippen MR) is 57.4 cm³/mol. The van der Waals surface area contributed by atoms with Crippen LogP contribution in [0.4, 0.5) is 4.79 Å². The number of hydrogen-bond acceptors (Lipinski definition) is 3. The van der Waals surface area contributed by atoms with Gasteiger partial charge in [0, 0.05) is 6.54 Å². The Balaban J connectivity index is 1.99. The minimum atomic E-state index is -0.412. The molecule has 0 bridgehead atoms. The van der Waals surface area contributed by atoms with Crippen LogP contribution < -0.4 is 5.32 Å². The first kappa shape index (κ1) is 10.3. The summed E-state index contributed by atoms with van der Waals surface area (Å²) in [5, 5.41) is 3.24. The molecule has 1 N–H and O–H groups in total. The van der Waals surface area contributed by atoms with Crippen LogP contribution in [0.15, 0.2) is 12.3 Å². The molecule has 2 atom stereocenters. The van der Waals surface area contributed by atoms with Gasteiger partial charge in [-0.25, -0.2) is 4.79 Å². The summed E-state index contributed by atoms with van der Waals surface area (Å²) in [6.07, 6.45) is 4.74. The Morgan fingerprint density at radius 2 is 2.27 bits per heavy atom. The second-order valence-corrected chi connectivity index (χ2v) is 5.09. The van der Waals surface area contributed by atoms with E-state index in [4.69, 9.17) is 4.74 Å². The van der Waals surface area contributed by atoms with Gasteiger partial charge >= 0.3 is 6.09 Å². The largest absolute Gasteiger partial charge is 0.444 e. The van der Waals surface area contributed by atoms with Gasteiger partial charge in [-0.05, 0) is 39.5 Å². The Kier molecular flexibility index (Phi) is 2.37. The molecule has 0 aromatic heterocycles. The summed E-state index contributed by atoms with van der Waals surface area (Å²) in [7, 11) is 0. The quantitative estimate of drug-likeness (QED) is 0.658. The van der Waals surface area contributed by atoms with E-state index in [1.54, 1.807) is 4.90 Å². The second-order valence-electron chi connectivity index (χ2n) is 5.09. The van der Waals surface area contributed by atoms with Crippen LogP contribution in [-0.2, 0) is 4.74 Å². The van der Waals surface area contributed by atoms with Crippen LogP contribution in [0.2, 0.25) is 0 Å². The van der Waals surface area contributed by atoms with E-state index in [1.807, 2.05) is 33.0 Å². The van der Waals surface area contributed by atoms with Crippen LogP contribution in [-0.4, -0.2) is 35.2 Å². The van der Waals surface area contributed by atoms with E-state index < -0.39 is 5.60 Å². The highest BCUT2D eigenvalue weighted by atomic mass is 16.6. The number of ether oxygens (including phenoxy) is 1. The summed E-state index contributed by atoms with van der Waals surface area (Å²) in [5.74, 6) is 0. The molecule has 0 aliphatic carbocycles. The maximum absolute atomic E-state index is 11.8. The van der Waals surface area contributed by atoms with Crippen LogP contribution in [0.3, 0.4) is 0 Å². The van der Waals surface area contributed by atoms with Gasteiger partial charge in [-0.2, -0.15) is 0 Å². The van der Waals surface area contributed by atoms with Crippen molar-refractivity contribution < 1.29 is 9.53 Å². The van der Waals surface area contributed by atoms with Gasteiger partial charge < -0.3 is 10.1 Å². The van der Waals surface area contributed by atoms with E-state index in [0.717, 1.165) is 13.0 Å². The molecule has 0 aromatic rings. The minimum Gasteiger partial charge on any atom is -0.444 e. The molecule has 1 saturated heterocycles. The highest BCUT2D eigenvalue weighted by Crippen LogP contribution is 2.24. The van der Waals surface area contributed by atoms with Crippen LogP contribution in [0.1, 0.15) is 27.2 Å². The number of carbonyl (C=O) groups is 1. The molecule has 4 nitrogen and oxygen atoms in total. The first-order chi connectivity index (χ1) is 6.97. The SMILES string of the molecule is CC(C)(C)OC(=O)N1CC[C@@H]2NC=C[C@H]21. The number of hydrogen-bond donors (Lipinski definition) is 1. The number of nitrogens with one attached hydrogen (secondary N) is 1. The lowest BCUT2D eigenvalue weighted by molar-refractivity contribution is 0.0253. The average molecular weight is 210 g/mol. The molecule has 15 heavy (non-hydrogen) atoms. The molecule has 0 saturated carbocycles. The average Bonchev–Trinajstić information content (AvgIpc) is 2.57. The number of fused-ring (bicyclic) bond motifs is 1. The molecule has 0 radical (unpaired) electrons. The third kappa shape index (κ3) is 2.08. The Morgan fingerprint density at radius 3 is 2.93 bits per heavy atom. The molecule has 1 amide bonds. The zero-order chi connectivity index (χ0) is 11.1. The van der Waals surface area contributed by atoms with Crippen LogP contribution in [0, 0.1) is 0 Å². The van der Waals surface area contributed by atoms with E-state index in [-0.39, 0.29) is 12.1 Å². The van der Waals surface area contributed by atoms with Crippen molar-refractivity contribution in [1.29, 1.82) is 0 Å². The van der Waals surface area contributed by atoms with Gasteiger partial charge in [-0.15, -0.1) is 0 Å². The number of amides is 1. The van der Waals surface area contributed by atoms with Crippen LogP contribution in [0.5, 0.6) is 0 Å². The van der Waals surface area contributed by atoms with E-state index in [2.05, 4.69) is 5.32 Å². The lowest BCUT2D eigenvalue weighted by Crippen LogP contribution is -2.41. The molecule has 0 spiro atoms. The first-order valence-corrected chi connectivity index (χ1v) is 5.40. The fraction of sp³-hybridized carbons (Fsp3) is 0.727. The Labute approximate surface area is 90.3 Å². The maximum atomic E-state index is 11.8. The zero-order valence-corrected chi connectivity index (χ0v) is 9.49. The van der Waals surface area contributed by atoms with Crippen molar-refractivity contribution in [1.82, 2.24) is 10.2 Å². The van der Waals surface area contributed by atoms with Gasteiger partial charge in [0.1, 0.15) is 5.60 Å². The summed E-state index contributed by atoms with van der Waals surface area (Å²) in [6, 6.07) is 0.567. The van der Waals surface area contributed by atoms with E-state index in [1.165, 1.54) is 0 Å². The molecule has 2 aliphatic heterocycles. The number of rotatable bonds is 0. The third-order valence-electron chi connectivity index (χ3n) is 2.68. The van der Waals surface area contributed by atoms with Gasteiger partial charge in [0.25, 0.3) is 0 Å². The molecule has 2 heterocycles. The van der Waals surface area contributed by atoms with E-state index in [9.17, 15) is 4.79 Å².